The second-order valence-corrected chi connectivity index (χ2v) is 5.26. The van der Waals surface area contributed by atoms with Crippen LogP contribution < -0.4 is 0 Å². The molecule has 2 atom stereocenters. The molecule has 2 unspecified atom stereocenters. The summed E-state index contributed by atoms with van der Waals surface area (Å²) >= 11 is 0. The van der Waals surface area contributed by atoms with E-state index in [9.17, 15) is 0 Å². The molecule has 0 aromatic carbocycles. The van der Waals surface area contributed by atoms with Gasteiger partial charge in [0.05, 0.1) is 0 Å². The number of hydrogen-bond acceptors (Lipinski definition) is 0. The van der Waals surface area contributed by atoms with Crippen molar-refractivity contribution in [2.45, 2.75) is 60.3 Å². The van der Waals surface area contributed by atoms with Gasteiger partial charge in [-0.15, -0.1) is 0 Å². The Bertz CT molecular complexity index is 155. The van der Waals surface area contributed by atoms with Gasteiger partial charge >= 0.3 is 0 Å². The third-order valence-corrected chi connectivity index (χ3v) is 3.17. The first kappa shape index (κ1) is 13.7. The molecule has 0 aliphatic carbocycles. The lowest BCUT2D eigenvalue weighted by Gasteiger charge is -2.21. The molecule has 0 aromatic heterocycles. The van der Waals surface area contributed by atoms with Gasteiger partial charge in [-0.3, -0.25) is 0 Å². The van der Waals surface area contributed by atoms with Gasteiger partial charge in [0.1, 0.15) is 0 Å². The highest BCUT2D eigenvalue weighted by molar-refractivity contribution is 4.96. The maximum Gasteiger partial charge on any atom is -0.0206 e. The molecule has 0 aliphatic heterocycles. The molecule has 0 aliphatic rings. The van der Waals surface area contributed by atoms with Gasteiger partial charge in [-0.25, -0.2) is 0 Å². The van der Waals surface area contributed by atoms with Crippen molar-refractivity contribution < 1.29 is 0 Å². The Labute approximate surface area is 90.8 Å². The van der Waals surface area contributed by atoms with Crippen molar-refractivity contribution in [1.82, 2.24) is 0 Å². The molecule has 0 amide bonds. The Morgan fingerprint density at radius 1 is 1.14 bits per heavy atom. The van der Waals surface area contributed by atoms with E-state index in [0.717, 1.165) is 17.8 Å². The van der Waals surface area contributed by atoms with Crippen molar-refractivity contribution in [3.8, 4) is 0 Å². The highest BCUT2D eigenvalue weighted by atomic mass is 14.2. The van der Waals surface area contributed by atoms with Gasteiger partial charge in [-0.1, -0.05) is 52.7 Å². The summed E-state index contributed by atoms with van der Waals surface area (Å²) in [7, 11) is 0. The minimum Gasteiger partial charge on any atom is -0.0999 e. The topological polar surface area (TPSA) is 0 Å². The fraction of sp³-hybridized carbons (Fsp3) is 0.857. The van der Waals surface area contributed by atoms with E-state index in [1.54, 1.807) is 0 Å². The average molecular weight is 196 g/mol. The Morgan fingerprint density at radius 2 is 1.71 bits per heavy atom. The van der Waals surface area contributed by atoms with Crippen LogP contribution in [0.4, 0.5) is 0 Å². The van der Waals surface area contributed by atoms with Crippen molar-refractivity contribution >= 4 is 0 Å². The maximum absolute atomic E-state index is 4.12. The molecular weight excluding hydrogens is 168 g/mol. The van der Waals surface area contributed by atoms with E-state index in [-0.39, 0.29) is 0 Å². The molecule has 0 radical (unpaired) electrons. The predicted molar refractivity (Wildman–Crippen MR) is 66.4 cm³/mol. The third kappa shape index (κ3) is 6.23. The van der Waals surface area contributed by atoms with Crippen LogP contribution in [0, 0.1) is 17.8 Å². The van der Waals surface area contributed by atoms with Crippen LogP contribution >= 0.6 is 0 Å². The van der Waals surface area contributed by atoms with Crippen LogP contribution in [0.5, 0.6) is 0 Å². The molecule has 0 aromatic rings. The third-order valence-electron chi connectivity index (χ3n) is 3.17. The van der Waals surface area contributed by atoms with Crippen molar-refractivity contribution in [3.63, 3.8) is 0 Å². The Balaban J connectivity index is 3.96. The van der Waals surface area contributed by atoms with Crippen LogP contribution in [0.25, 0.3) is 0 Å². The highest BCUT2D eigenvalue weighted by Gasteiger charge is 2.13. The van der Waals surface area contributed by atoms with E-state index < -0.39 is 0 Å². The maximum atomic E-state index is 4.12. The molecule has 0 saturated carbocycles. The summed E-state index contributed by atoms with van der Waals surface area (Å²) in [5, 5.41) is 0. The van der Waals surface area contributed by atoms with Crippen LogP contribution in [0.15, 0.2) is 12.2 Å². The zero-order valence-corrected chi connectivity index (χ0v) is 10.8. The molecule has 84 valence electrons. The second kappa shape index (κ2) is 7.09. The van der Waals surface area contributed by atoms with Crippen LogP contribution in [-0.2, 0) is 0 Å². The lowest BCUT2D eigenvalue weighted by Crippen LogP contribution is -2.08. The molecule has 0 N–H and O–H groups in total. The monoisotopic (exact) mass is 196 g/mol. The van der Waals surface area contributed by atoms with E-state index in [1.165, 1.54) is 31.3 Å². The molecule has 14 heavy (non-hydrogen) atoms. The Morgan fingerprint density at radius 3 is 2.07 bits per heavy atom. The van der Waals surface area contributed by atoms with E-state index >= 15 is 0 Å². The fourth-order valence-electron chi connectivity index (χ4n) is 1.75. The molecule has 0 fully saturated rings. The summed E-state index contributed by atoms with van der Waals surface area (Å²) in [6.45, 7) is 15.6. The second-order valence-electron chi connectivity index (χ2n) is 5.26. The minimum atomic E-state index is 0.757. The first-order valence-electron chi connectivity index (χ1n) is 6.12. The zero-order chi connectivity index (χ0) is 11.1. The SMILES string of the molecule is C=C(C)C(CCC(C)C)CC(C)CC. The van der Waals surface area contributed by atoms with Crippen LogP contribution in [0.2, 0.25) is 0 Å². The highest BCUT2D eigenvalue weighted by Crippen LogP contribution is 2.26. The van der Waals surface area contributed by atoms with Crippen LogP contribution in [0.3, 0.4) is 0 Å². The van der Waals surface area contributed by atoms with Gasteiger partial charge < -0.3 is 0 Å². The summed E-state index contributed by atoms with van der Waals surface area (Å²) < 4.78 is 0. The normalized spacial score (nSPS) is 15.6. The van der Waals surface area contributed by atoms with Gasteiger partial charge in [0, 0.05) is 0 Å². The molecule has 0 heteroatoms. The minimum absolute atomic E-state index is 0.757. The largest absolute Gasteiger partial charge is 0.0999 e. The predicted octanol–water partition coefficient (Wildman–Crippen LogP) is 5.05. The van der Waals surface area contributed by atoms with Crippen molar-refractivity contribution in [2.75, 3.05) is 0 Å². The number of hydrogen-bond donors (Lipinski definition) is 0. The summed E-state index contributed by atoms with van der Waals surface area (Å²) in [4.78, 5) is 0. The van der Waals surface area contributed by atoms with Gasteiger partial charge in [-0.05, 0) is 37.5 Å². The molecular formula is C14H28. The van der Waals surface area contributed by atoms with Crippen molar-refractivity contribution in [3.05, 3.63) is 12.2 Å². The summed E-state index contributed by atoms with van der Waals surface area (Å²) in [6, 6.07) is 0. The molecule has 0 saturated heterocycles. The lowest BCUT2D eigenvalue weighted by atomic mass is 9.85. The fourth-order valence-corrected chi connectivity index (χ4v) is 1.75. The van der Waals surface area contributed by atoms with E-state index in [0.29, 0.717) is 0 Å². The number of rotatable bonds is 7. The quantitative estimate of drug-likeness (QED) is 0.500. The first-order valence-corrected chi connectivity index (χ1v) is 6.12. The van der Waals surface area contributed by atoms with Crippen LogP contribution in [-0.4, -0.2) is 0 Å². The Kier molecular flexibility index (Phi) is 6.96. The molecule has 0 rings (SSSR count). The van der Waals surface area contributed by atoms with Crippen molar-refractivity contribution in [2.24, 2.45) is 17.8 Å². The molecule has 0 heterocycles. The standard InChI is InChI=1S/C14H28/c1-7-13(6)10-14(12(4)5)9-8-11(2)3/h11,13-14H,4,7-10H2,1-3,5-6H3. The van der Waals surface area contributed by atoms with Gasteiger partial charge in [0.15, 0.2) is 0 Å². The average Bonchev–Trinajstić information content (AvgIpc) is 2.10. The van der Waals surface area contributed by atoms with E-state index in [1.807, 2.05) is 0 Å². The smallest absolute Gasteiger partial charge is 0.0206 e. The lowest BCUT2D eigenvalue weighted by molar-refractivity contribution is 0.376. The van der Waals surface area contributed by atoms with E-state index in [4.69, 9.17) is 0 Å². The summed E-state index contributed by atoms with van der Waals surface area (Å²) in [6.07, 6.45) is 5.30. The molecule has 0 nitrogen and oxygen atoms in total. The molecule has 0 bridgehead atoms. The Hall–Kier alpha value is -0.260. The molecule has 0 spiro atoms. The van der Waals surface area contributed by atoms with Crippen molar-refractivity contribution in [1.29, 1.82) is 0 Å². The van der Waals surface area contributed by atoms with Gasteiger partial charge in [0.25, 0.3) is 0 Å². The zero-order valence-electron chi connectivity index (χ0n) is 10.8. The first-order chi connectivity index (χ1) is 6.47. The summed E-state index contributed by atoms with van der Waals surface area (Å²) in [5.74, 6) is 2.44. The van der Waals surface area contributed by atoms with E-state index in [2.05, 4.69) is 41.2 Å². The number of allylic oxidation sites excluding steroid dienone is 1. The van der Waals surface area contributed by atoms with Gasteiger partial charge in [0.2, 0.25) is 0 Å². The summed E-state index contributed by atoms with van der Waals surface area (Å²) in [5.41, 5.74) is 1.38. The van der Waals surface area contributed by atoms with Crippen LogP contribution in [0.1, 0.15) is 60.3 Å². The van der Waals surface area contributed by atoms with Gasteiger partial charge in [-0.2, -0.15) is 0 Å².